The van der Waals surface area contributed by atoms with E-state index in [1.807, 2.05) is 12.1 Å². The lowest BCUT2D eigenvalue weighted by molar-refractivity contribution is -0.385. The number of carbonyl (C=O) groups is 1. The van der Waals surface area contributed by atoms with Gasteiger partial charge in [0.2, 0.25) is 0 Å². The van der Waals surface area contributed by atoms with E-state index in [1.165, 1.54) is 18.2 Å². The summed E-state index contributed by atoms with van der Waals surface area (Å²) in [6.45, 7) is 0.0457. The minimum absolute atomic E-state index is 0.0668. The van der Waals surface area contributed by atoms with Crippen LogP contribution < -0.4 is 14.8 Å². The Morgan fingerprint density at radius 1 is 1.17 bits per heavy atom. The quantitative estimate of drug-likeness (QED) is 0.625. The molecule has 0 bridgehead atoms. The first-order valence-corrected chi connectivity index (χ1v) is 6.86. The lowest BCUT2D eigenvalue weighted by Crippen LogP contribution is -2.28. The molecule has 7 heteroatoms. The molecule has 1 N–H and O–H groups in total. The predicted molar refractivity (Wildman–Crippen MR) is 83.4 cm³/mol. The number of rotatable bonds is 7. The van der Waals surface area contributed by atoms with Gasteiger partial charge in [-0.2, -0.15) is 0 Å². The number of ether oxygens (including phenoxy) is 2. The van der Waals surface area contributed by atoms with E-state index in [0.717, 1.165) is 11.3 Å². The summed E-state index contributed by atoms with van der Waals surface area (Å²) in [5.41, 5.74) is 0.736. The van der Waals surface area contributed by atoms with Crippen molar-refractivity contribution in [2.24, 2.45) is 0 Å². The zero-order chi connectivity index (χ0) is 16.7. The van der Waals surface area contributed by atoms with Gasteiger partial charge in [-0.1, -0.05) is 24.3 Å². The van der Waals surface area contributed by atoms with Crippen LogP contribution in [-0.2, 0) is 11.3 Å². The SMILES string of the molecule is COc1ccc(CNC(=O)COc2ccccc2[N+](=O)[O-])cc1. The Labute approximate surface area is 133 Å². The van der Waals surface area contributed by atoms with Gasteiger partial charge in [-0.25, -0.2) is 0 Å². The van der Waals surface area contributed by atoms with Crippen molar-refractivity contribution < 1.29 is 19.2 Å². The van der Waals surface area contributed by atoms with Crippen molar-refractivity contribution in [3.05, 3.63) is 64.2 Å². The molecule has 1 amide bonds. The Balaban J connectivity index is 1.84. The van der Waals surface area contributed by atoms with Gasteiger partial charge in [0, 0.05) is 12.6 Å². The molecule has 0 unspecified atom stereocenters. The van der Waals surface area contributed by atoms with E-state index < -0.39 is 4.92 Å². The highest BCUT2D eigenvalue weighted by atomic mass is 16.6. The van der Waals surface area contributed by atoms with E-state index in [-0.39, 0.29) is 24.0 Å². The van der Waals surface area contributed by atoms with Crippen molar-refractivity contribution in [1.29, 1.82) is 0 Å². The van der Waals surface area contributed by atoms with Crippen LogP contribution in [0.4, 0.5) is 5.69 Å². The van der Waals surface area contributed by atoms with E-state index in [1.54, 1.807) is 25.3 Å². The first kappa shape index (κ1) is 16.3. The predicted octanol–water partition coefficient (Wildman–Crippen LogP) is 2.30. The van der Waals surface area contributed by atoms with Gasteiger partial charge in [0.05, 0.1) is 12.0 Å². The molecule has 0 aliphatic carbocycles. The van der Waals surface area contributed by atoms with Crippen molar-refractivity contribution >= 4 is 11.6 Å². The molecule has 0 heterocycles. The molecule has 0 aliphatic heterocycles. The zero-order valence-electron chi connectivity index (χ0n) is 12.5. The molecular weight excluding hydrogens is 300 g/mol. The van der Waals surface area contributed by atoms with E-state index >= 15 is 0 Å². The number of nitro benzene ring substituents is 1. The van der Waals surface area contributed by atoms with Crippen molar-refractivity contribution in [3.63, 3.8) is 0 Å². The molecule has 2 rings (SSSR count). The maximum atomic E-state index is 11.8. The lowest BCUT2D eigenvalue weighted by atomic mass is 10.2. The highest BCUT2D eigenvalue weighted by Gasteiger charge is 2.14. The maximum Gasteiger partial charge on any atom is 0.310 e. The summed E-state index contributed by atoms with van der Waals surface area (Å²) >= 11 is 0. The molecule has 0 aromatic heterocycles. The number of nitrogens with zero attached hydrogens (tertiary/aromatic N) is 1. The molecule has 0 saturated heterocycles. The second kappa shape index (κ2) is 7.79. The molecule has 0 spiro atoms. The van der Waals surface area contributed by atoms with Gasteiger partial charge >= 0.3 is 5.69 Å². The summed E-state index contributed by atoms with van der Waals surface area (Å²) in [7, 11) is 1.58. The highest BCUT2D eigenvalue weighted by Crippen LogP contribution is 2.25. The van der Waals surface area contributed by atoms with Crippen LogP contribution in [0.15, 0.2) is 48.5 Å². The number of amides is 1. The van der Waals surface area contributed by atoms with Crippen molar-refractivity contribution in [2.45, 2.75) is 6.54 Å². The van der Waals surface area contributed by atoms with Crippen LogP contribution in [-0.4, -0.2) is 24.5 Å². The molecule has 0 atom stereocenters. The van der Waals surface area contributed by atoms with Gasteiger partial charge in [-0.15, -0.1) is 0 Å². The Hall–Kier alpha value is -3.09. The minimum atomic E-state index is -0.551. The van der Waals surface area contributed by atoms with Crippen molar-refractivity contribution in [3.8, 4) is 11.5 Å². The Kier molecular flexibility index (Phi) is 5.51. The van der Waals surface area contributed by atoms with Gasteiger partial charge in [-0.05, 0) is 23.8 Å². The third-order valence-corrected chi connectivity index (χ3v) is 3.07. The number of nitrogens with one attached hydrogen (secondary N) is 1. The van der Waals surface area contributed by atoms with Gasteiger partial charge in [0.25, 0.3) is 5.91 Å². The number of hydrogen-bond donors (Lipinski definition) is 1. The molecule has 0 aliphatic rings. The first-order valence-electron chi connectivity index (χ1n) is 6.86. The first-order chi connectivity index (χ1) is 11.1. The van der Waals surface area contributed by atoms with E-state index in [9.17, 15) is 14.9 Å². The van der Waals surface area contributed by atoms with E-state index in [2.05, 4.69) is 5.32 Å². The average Bonchev–Trinajstić information content (AvgIpc) is 2.58. The van der Waals surface area contributed by atoms with Gasteiger partial charge in [-0.3, -0.25) is 14.9 Å². The van der Waals surface area contributed by atoms with Crippen LogP contribution in [0, 0.1) is 10.1 Å². The maximum absolute atomic E-state index is 11.8. The van der Waals surface area contributed by atoms with Crippen molar-refractivity contribution in [1.82, 2.24) is 5.32 Å². The molecule has 0 saturated carbocycles. The summed E-state index contributed by atoms with van der Waals surface area (Å²) in [6.07, 6.45) is 0. The Morgan fingerprint density at radius 3 is 2.52 bits per heavy atom. The third kappa shape index (κ3) is 4.70. The fourth-order valence-corrected chi connectivity index (χ4v) is 1.87. The molecule has 7 nitrogen and oxygen atoms in total. The summed E-state index contributed by atoms with van der Waals surface area (Å²) in [6, 6.07) is 13.2. The van der Waals surface area contributed by atoms with Crippen LogP contribution in [0.2, 0.25) is 0 Å². The number of nitro groups is 1. The zero-order valence-corrected chi connectivity index (χ0v) is 12.5. The fourth-order valence-electron chi connectivity index (χ4n) is 1.87. The van der Waals surface area contributed by atoms with Crippen LogP contribution in [0.25, 0.3) is 0 Å². The largest absolute Gasteiger partial charge is 0.497 e. The van der Waals surface area contributed by atoms with E-state index in [4.69, 9.17) is 9.47 Å². The molecule has 0 fully saturated rings. The number of hydrogen-bond acceptors (Lipinski definition) is 5. The number of benzene rings is 2. The van der Waals surface area contributed by atoms with Crippen LogP contribution in [0.5, 0.6) is 11.5 Å². The van der Waals surface area contributed by atoms with Crippen LogP contribution >= 0.6 is 0 Å². The number of methoxy groups -OCH3 is 1. The Bertz CT molecular complexity index is 685. The second-order valence-corrected chi connectivity index (χ2v) is 4.64. The highest BCUT2D eigenvalue weighted by molar-refractivity contribution is 5.77. The molecule has 2 aromatic carbocycles. The standard InChI is InChI=1S/C16H16N2O5/c1-22-13-8-6-12(7-9-13)10-17-16(19)11-23-15-5-3-2-4-14(15)18(20)21/h2-9H,10-11H2,1H3,(H,17,19). The second-order valence-electron chi connectivity index (χ2n) is 4.64. The number of carbonyl (C=O) groups excluding carboxylic acids is 1. The monoisotopic (exact) mass is 316 g/mol. The molecule has 2 aromatic rings. The topological polar surface area (TPSA) is 90.7 Å². The van der Waals surface area contributed by atoms with Crippen molar-refractivity contribution in [2.75, 3.05) is 13.7 Å². The lowest BCUT2D eigenvalue weighted by Gasteiger charge is -2.08. The third-order valence-electron chi connectivity index (χ3n) is 3.07. The van der Waals surface area contributed by atoms with E-state index in [0.29, 0.717) is 6.54 Å². The molecular formula is C16H16N2O5. The summed E-state index contributed by atoms with van der Waals surface area (Å²) in [4.78, 5) is 22.1. The fraction of sp³-hybridized carbons (Fsp3) is 0.188. The van der Waals surface area contributed by atoms with Gasteiger partial charge < -0.3 is 14.8 Å². The van der Waals surface area contributed by atoms with Crippen LogP contribution in [0.1, 0.15) is 5.56 Å². The molecule has 120 valence electrons. The summed E-state index contributed by atoms with van der Waals surface area (Å²) < 4.78 is 10.3. The smallest absolute Gasteiger partial charge is 0.310 e. The average molecular weight is 316 g/mol. The summed E-state index contributed by atoms with van der Waals surface area (Å²) in [5, 5.41) is 13.5. The van der Waals surface area contributed by atoms with Gasteiger partial charge in [0.15, 0.2) is 12.4 Å². The molecule has 0 radical (unpaired) electrons. The number of para-hydroxylation sites is 2. The van der Waals surface area contributed by atoms with Crippen LogP contribution in [0.3, 0.4) is 0 Å². The summed E-state index contributed by atoms with van der Waals surface area (Å²) in [5.74, 6) is 0.441. The Morgan fingerprint density at radius 2 is 1.87 bits per heavy atom. The minimum Gasteiger partial charge on any atom is -0.497 e. The normalized spacial score (nSPS) is 9.96. The van der Waals surface area contributed by atoms with Gasteiger partial charge in [0.1, 0.15) is 5.75 Å². The molecule has 23 heavy (non-hydrogen) atoms.